The summed E-state index contributed by atoms with van der Waals surface area (Å²) in [7, 11) is -1.52. The fourth-order valence-corrected chi connectivity index (χ4v) is 3.20. The van der Waals surface area contributed by atoms with E-state index < -0.39 is 7.32 Å². The highest BCUT2D eigenvalue weighted by atomic mass is 16.7. The molecule has 1 radical (unpaired) electrons. The number of hydrogen-bond acceptors (Lipinski definition) is 2. The highest BCUT2D eigenvalue weighted by Gasteiger charge is 2.19. The topological polar surface area (TPSA) is 38.4 Å². The molecular weight excluding hydrogens is 323 g/mol. The maximum Gasteiger partial charge on any atom is 0.667 e. The van der Waals surface area contributed by atoms with Crippen molar-refractivity contribution in [3.05, 3.63) is 96.1 Å². The van der Waals surface area contributed by atoms with Crippen LogP contribution in [0.15, 0.2) is 84.9 Å². The lowest BCUT2D eigenvalue weighted by atomic mass is 10.0. The van der Waals surface area contributed by atoms with Gasteiger partial charge in [-0.1, -0.05) is 84.9 Å². The van der Waals surface area contributed by atoms with E-state index in [0.717, 1.165) is 32.7 Å². The highest BCUT2D eigenvalue weighted by Crippen LogP contribution is 2.21. The van der Waals surface area contributed by atoms with Crippen molar-refractivity contribution in [2.45, 2.75) is 13.2 Å². The Morgan fingerprint density at radius 2 is 1.00 bits per heavy atom. The molecule has 0 amide bonds. The van der Waals surface area contributed by atoms with Crippen LogP contribution in [0, 0.1) is 0 Å². The minimum Gasteiger partial charge on any atom is -0.380 e. The average Bonchev–Trinajstić information content (AvgIpc) is 2.70. The van der Waals surface area contributed by atoms with Crippen molar-refractivity contribution in [2.75, 3.05) is 0 Å². The second kappa shape index (κ2) is 7.71. The van der Waals surface area contributed by atoms with Crippen LogP contribution in [0.5, 0.6) is 0 Å². The summed E-state index contributed by atoms with van der Waals surface area (Å²) < 4.78 is 10.8. The van der Waals surface area contributed by atoms with Crippen molar-refractivity contribution in [3.63, 3.8) is 0 Å². The number of rotatable bonds is 6. The summed E-state index contributed by atoms with van der Waals surface area (Å²) in [4.78, 5) is 0. The lowest BCUT2D eigenvalue weighted by Crippen LogP contribution is -2.20. The molecule has 0 saturated carbocycles. The van der Waals surface area contributed by atoms with Crippen molar-refractivity contribution < 1.29 is 14.3 Å². The Hall–Kier alpha value is -2.66. The monoisotopic (exact) mass is 341 g/mol. The van der Waals surface area contributed by atoms with E-state index in [1.54, 1.807) is 0 Å². The molecule has 3 nitrogen and oxygen atoms in total. The normalized spacial score (nSPS) is 11.1. The van der Waals surface area contributed by atoms with Gasteiger partial charge in [0, 0.05) is 0 Å². The Kier molecular flexibility index (Phi) is 4.98. The van der Waals surface area contributed by atoms with Crippen molar-refractivity contribution >= 4 is 28.9 Å². The Morgan fingerprint density at radius 3 is 1.50 bits per heavy atom. The minimum absolute atomic E-state index is 0.227. The first-order valence-corrected chi connectivity index (χ1v) is 8.63. The van der Waals surface area contributed by atoms with E-state index in [1.165, 1.54) is 0 Å². The summed E-state index contributed by atoms with van der Waals surface area (Å²) in [6, 6.07) is 28.1. The number of benzene rings is 4. The second-order valence-electron chi connectivity index (χ2n) is 6.19. The second-order valence-corrected chi connectivity index (χ2v) is 6.19. The van der Waals surface area contributed by atoms with Gasteiger partial charge in [0.05, 0.1) is 13.2 Å². The van der Waals surface area contributed by atoms with Gasteiger partial charge in [0.15, 0.2) is 0 Å². The van der Waals surface area contributed by atoms with Gasteiger partial charge in [0.1, 0.15) is 0 Å². The summed E-state index contributed by atoms with van der Waals surface area (Å²) in [5.41, 5.74) is 1.97. The van der Waals surface area contributed by atoms with Crippen LogP contribution in [0.1, 0.15) is 11.1 Å². The molecule has 0 aliphatic heterocycles. The summed E-state index contributed by atoms with van der Waals surface area (Å²) in [6.45, 7) is 0.454. The van der Waals surface area contributed by atoms with Crippen LogP contribution in [-0.4, -0.2) is 7.32 Å². The third-order valence-corrected chi connectivity index (χ3v) is 4.51. The van der Waals surface area contributed by atoms with Gasteiger partial charge in [0.25, 0.3) is 0 Å². The molecule has 0 atom stereocenters. The minimum atomic E-state index is -1.52. The van der Waals surface area contributed by atoms with Crippen molar-refractivity contribution in [1.29, 1.82) is 0 Å². The predicted octanol–water partition coefficient (Wildman–Crippen LogP) is 5.14. The molecule has 4 aromatic rings. The van der Waals surface area contributed by atoms with E-state index in [0.29, 0.717) is 0 Å². The Labute approximate surface area is 153 Å². The van der Waals surface area contributed by atoms with Crippen molar-refractivity contribution in [1.82, 2.24) is 0 Å². The molecule has 0 saturated heterocycles. The van der Waals surface area contributed by atoms with Gasteiger partial charge in [-0.25, -0.2) is 5.02 Å². The van der Waals surface area contributed by atoms with Gasteiger partial charge in [0.2, 0.25) is 0 Å². The van der Waals surface area contributed by atoms with Crippen LogP contribution < -0.4 is 0 Å². The molecule has 0 fully saturated rings. The van der Waals surface area contributed by atoms with E-state index in [-0.39, 0.29) is 13.2 Å². The molecule has 0 N–H and O–H groups in total. The standard InChI is InChI=1S/C22H18BO3/c24-23(25-15-19-11-5-9-17-7-1-3-13-21(17)19)26-16-20-12-6-10-18-8-2-4-14-22(18)20/h1-14H,15-16H2. The van der Waals surface area contributed by atoms with Gasteiger partial charge in [-0.2, -0.15) is 0 Å². The summed E-state index contributed by atoms with van der Waals surface area (Å²) in [6.07, 6.45) is 0. The molecule has 0 spiro atoms. The number of hydrogen-bond donors (Lipinski definition) is 0. The summed E-state index contributed by atoms with van der Waals surface area (Å²) in [5, 5.41) is 16.6. The third-order valence-electron chi connectivity index (χ3n) is 4.51. The van der Waals surface area contributed by atoms with Crippen LogP contribution in [-0.2, 0) is 27.5 Å². The summed E-state index contributed by atoms with van der Waals surface area (Å²) in [5.74, 6) is 0. The average molecular weight is 341 g/mol. The molecule has 4 heteroatoms. The molecule has 0 unspecified atom stereocenters. The SMILES string of the molecule is [O]B(OCc1cccc2ccccc12)OCc1cccc2ccccc12. The molecular formula is C22H18BO3. The van der Waals surface area contributed by atoms with Crippen LogP contribution in [0.4, 0.5) is 0 Å². The predicted molar refractivity (Wildman–Crippen MR) is 104 cm³/mol. The lowest BCUT2D eigenvalue weighted by molar-refractivity contribution is 0.0968. The van der Waals surface area contributed by atoms with E-state index in [9.17, 15) is 5.02 Å². The zero-order valence-electron chi connectivity index (χ0n) is 14.3. The fourth-order valence-electron chi connectivity index (χ4n) is 3.20. The van der Waals surface area contributed by atoms with Gasteiger partial charge in [-0.05, 0) is 32.7 Å². The largest absolute Gasteiger partial charge is 0.667 e. The fraction of sp³-hybridized carbons (Fsp3) is 0.0909. The highest BCUT2D eigenvalue weighted by molar-refractivity contribution is 6.34. The van der Waals surface area contributed by atoms with E-state index in [1.807, 2.05) is 84.9 Å². The van der Waals surface area contributed by atoms with Crippen LogP contribution in [0.2, 0.25) is 0 Å². The Bertz CT molecular complexity index is 938. The molecule has 0 heterocycles. The molecule has 0 bridgehead atoms. The maximum absolute atomic E-state index is 12.1. The van der Waals surface area contributed by atoms with E-state index >= 15 is 0 Å². The maximum atomic E-state index is 12.1. The molecule has 127 valence electrons. The molecule has 0 aliphatic rings. The molecule has 26 heavy (non-hydrogen) atoms. The van der Waals surface area contributed by atoms with Gasteiger partial charge < -0.3 is 9.31 Å². The molecule has 0 aromatic heterocycles. The van der Waals surface area contributed by atoms with Crippen molar-refractivity contribution in [2.24, 2.45) is 0 Å². The zero-order chi connectivity index (χ0) is 17.8. The smallest absolute Gasteiger partial charge is 0.380 e. The van der Waals surface area contributed by atoms with Gasteiger partial charge in [-0.15, -0.1) is 0 Å². The van der Waals surface area contributed by atoms with Crippen LogP contribution in [0.3, 0.4) is 0 Å². The number of fused-ring (bicyclic) bond motifs is 2. The van der Waals surface area contributed by atoms with Crippen molar-refractivity contribution in [3.8, 4) is 0 Å². The molecule has 0 aliphatic carbocycles. The van der Waals surface area contributed by atoms with E-state index in [4.69, 9.17) is 9.31 Å². The molecule has 4 aromatic carbocycles. The lowest BCUT2D eigenvalue weighted by Gasteiger charge is -2.11. The van der Waals surface area contributed by atoms with Gasteiger partial charge >= 0.3 is 7.32 Å². The first kappa shape index (κ1) is 16.8. The Morgan fingerprint density at radius 1 is 0.577 bits per heavy atom. The quantitative estimate of drug-likeness (QED) is 0.455. The first-order chi connectivity index (χ1) is 12.8. The van der Waals surface area contributed by atoms with Crippen LogP contribution >= 0.6 is 0 Å². The first-order valence-electron chi connectivity index (χ1n) is 8.63. The summed E-state index contributed by atoms with van der Waals surface area (Å²) >= 11 is 0. The van der Waals surface area contributed by atoms with Crippen LogP contribution in [0.25, 0.3) is 21.5 Å². The zero-order valence-corrected chi connectivity index (χ0v) is 14.3. The Balaban J connectivity index is 1.40. The third kappa shape index (κ3) is 3.63. The van der Waals surface area contributed by atoms with E-state index in [2.05, 4.69) is 0 Å². The van der Waals surface area contributed by atoms with Gasteiger partial charge in [-0.3, -0.25) is 0 Å². The molecule has 4 rings (SSSR count).